The van der Waals surface area contributed by atoms with Crippen LogP contribution >= 0.6 is 0 Å². The number of rotatable bonds is 4. The van der Waals surface area contributed by atoms with Crippen molar-refractivity contribution in [2.24, 2.45) is 17.6 Å². The smallest absolute Gasteiger partial charge is 0.226 e. The Morgan fingerprint density at radius 3 is 2.87 bits per heavy atom. The normalized spacial score (nSPS) is 34.5. The quantitative estimate of drug-likeness (QED) is 0.762. The summed E-state index contributed by atoms with van der Waals surface area (Å²) in [5.74, 6) is 1.40. The SMILES string of the molecule is CC1CC1C(=O)N1CCCC1CCCN. The molecule has 15 heavy (non-hydrogen) atoms. The van der Waals surface area contributed by atoms with Gasteiger partial charge in [0, 0.05) is 18.5 Å². The Morgan fingerprint density at radius 1 is 1.53 bits per heavy atom. The molecule has 86 valence electrons. The maximum atomic E-state index is 12.1. The van der Waals surface area contributed by atoms with Crippen molar-refractivity contribution in [1.82, 2.24) is 4.90 Å². The van der Waals surface area contributed by atoms with Crippen molar-refractivity contribution < 1.29 is 4.79 Å². The largest absolute Gasteiger partial charge is 0.339 e. The van der Waals surface area contributed by atoms with Gasteiger partial charge in [-0.25, -0.2) is 0 Å². The molecule has 3 unspecified atom stereocenters. The van der Waals surface area contributed by atoms with E-state index < -0.39 is 0 Å². The summed E-state index contributed by atoms with van der Waals surface area (Å²) in [4.78, 5) is 14.2. The first-order chi connectivity index (χ1) is 7.24. The van der Waals surface area contributed by atoms with Gasteiger partial charge in [0.15, 0.2) is 0 Å². The Labute approximate surface area is 92.0 Å². The van der Waals surface area contributed by atoms with Crippen molar-refractivity contribution in [2.45, 2.75) is 45.1 Å². The van der Waals surface area contributed by atoms with Crippen molar-refractivity contribution in [1.29, 1.82) is 0 Å². The minimum Gasteiger partial charge on any atom is -0.339 e. The average molecular weight is 210 g/mol. The van der Waals surface area contributed by atoms with E-state index in [4.69, 9.17) is 5.73 Å². The van der Waals surface area contributed by atoms with Crippen LogP contribution in [0.2, 0.25) is 0 Å². The molecule has 1 amide bonds. The standard InChI is InChI=1S/C12H22N2O/c1-9-8-11(9)12(15)14-7-3-5-10(14)4-2-6-13/h9-11H,2-8,13H2,1H3. The van der Waals surface area contributed by atoms with Crippen LogP contribution in [0, 0.1) is 11.8 Å². The van der Waals surface area contributed by atoms with Gasteiger partial charge in [0.25, 0.3) is 0 Å². The van der Waals surface area contributed by atoms with Crippen LogP contribution < -0.4 is 5.73 Å². The minimum atomic E-state index is 0.350. The summed E-state index contributed by atoms with van der Waals surface area (Å²) in [6.07, 6.45) is 5.63. The summed E-state index contributed by atoms with van der Waals surface area (Å²) in [5, 5.41) is 0. The van der Waals surface area contributed by atoms with Crippen LogP contribution in [0.25, 0.3) is 0 Å². The zero-order valence-electron chi connectivity index (χ0n) is 9.61. The molecule has 0 aromatic rings. The summed E-state index contributed by atoms with van der Waals surface area (Å²) in [7, 11) is 0. The highest BCUT2D eigenvalue weighted by molar-refractivity contribution is 5.82. The molecule has 2 fully saturated rings. The van der Waals surface area contributed by atoms with Crippen molar-refractivity contribution in [3.05, 3.63) is 0 Å². The number of amides is 1. The van der Waals surface area contributed by atoms with Gasteiger partial charge in [-0.3, -0.25) is 4.79 Å². The molecule has 0 aromatic heterocycles. The first-order valence-electron chi connectivity index (χ1n) is 6.24. The van der Waals surface area contributed by atoms with Gasteiger partial charge in [0.05, 0.1) is 0 Å². The summed E-state index contributed by atoms with van der Waals surface area (Å²) in [5.41, 5.74) is 5.52. The second kappa shape index (κ2) is 4.52. The van der Waals surface area contributed by atoms with Crippen LogP contribution in [0.1, 0.15) is 39.0 Å². The Hall–Kier alpha value is -0.570. The molecule has 0 aromatic carbocycles. The fourth-order valence-electron chi connectivity index (χ4n) is 2.66. The molecule has 1 aliphatic carbocycles. The lowest BCUT2D eigenvalue weighted by Crippen LogP contribution is -2.37. The molecular formula is C12H22N2O. The van der Waals surface area contributed by atoms with Crippen LogP contribution in [-0.2, 0) is 4.79 Å². The molecule has 1 heterocycles. The molecule has 0 radical (unpaired) electrons. The first-order valence-corrected chi connectivity index (χ1v) is 6.24. The summed E-state index contributed by atoms with van der Waals surface area (Å²) < 4.78 is 0. The van der Waals surface area contributed by atoms with E-state index in [1.54, 1.807) is 0 Å². The molecule has 3 atom stereocenters. The number of hydrogen-bond donors (Lipinski definition) is 1. The van der Waals surface area contributed by atoms with Gasteiger partial charge >= 0.3 is 0 Å². The van der Waals surface area contributed by atoms with Gasteiger partial charge in [0.1, 0.15) is 0 Å². The number of carbonyl (C=O) groups excluding carboxylic acids is 1. The highest BCUT2D eigenvalue weighted by atomic mass is 16.2. The van der Waals surface area contributed by atoms with Crippen molar-refractivity contribution in [3.63, 3.8) is 0 Å². The molecule has 1 saturated carbocycles. The fraction of sp³-hybridized carbons (Fsp3) is 0.917. The Balaban J connectivity index is 1.86. The zero-order chi connectivity index (χ0) is 10.8. The summed E-state index contributed by atoms with van der Waals surface area (Å²) in [6, 6.07) is 0.494. The molecule has 0 spiro atoms. The average Bonchev–Trinajstić information content (AvgIpc) is 2.80. The van der Waals surface area contributed by atoms with Crippen LogP contribution in [0.4, 0.5) is 0 Å². The number of carbonyl (C=O) groups is 1. The number of nitrogens with zero attached hydrogens (tertiary/aromatic N) is 1. The summed E-state index contributed by atoms with van der Waals surface area (Å²) in [6.45, 7) is 3.91. The molecular weight excluding hydrogens is 188 g/mol. The maximum absolute atomic E-state index is 12.1. The van der Waals surface area contributed by atoms with Gasteiger partial charge in [-0.15, -0.1) is 0 Å². The molecule has 1 aliphatic heterocycles. The van der Waals surface area contributed by atoms with Gasteiger partial charge in [-0.2, -0.15) is 0 Å². The fourth-order valence-corrected chi connectivity index (χ4v) is 2.66. The molecule has 2 rings (SSSR count). The van der Waals surface area contributed by atoms with Crippen LogP contribution in [-0.4, -0.2) is 29.9 Å². The molecule has 3 nitrogen and oxygen atoms in total. The molecule has 3 heteroatoms. The second-order valence-electron chi connectivity index (χ2n) is 5.08. The van der Waals surface area contributed by atoms with E-state index in [2.05, 4.69) is 11.8 Å². The predicted octanol–water partition coefficient (Wildman–Crippen LogP) is 1.37. The highest BCUT2D eigenvalue weighted by Gasteiger charge is 2.43. The maximum Gasteiger partial charge on any atom is 0.226 e. The molecule has 0 bridgehead atoms. The van der Waals surface area contributed by atoms with Gasteiger partial charge in [-0.05, 0) is 44.6 Å². The predicted molar refractivity (Wildman–Crippen MR) is 60.3 cm³/mol. The lowest BCUT2D eigenvalue weighted by atomic mass is 10.1. The van der Waals surface area contributed by atoms with E-state index in [1.165, 1.54) is 12.8 Å². The van der Waals surface area contributed by atoms with Crippen LogP contribution in [0.15, 0.2) is 0 Å². The lowest BCUT2D eigenvalue weighted by molar-refractivity contribution is -0.133. The Bertz CT molecular complexity index is 242. The molecule has 2 N–H and O–H groups in total. The third-order valence-electron chi connectivity index (χ3n) is 3.83. The number of likely N-dealkylation sites (tertiary alicyclic amines) is 1. The Morgan fingerprint density at radius 2 is 2.27 bits per heavy atom. The van der Waals surface area contributed by atoms with Crippen molar-refractivity contribution >= 4 is 5.91 Å². The molecule has 1 saturated heterocycles. The first kappa shape index (κ1) is 10.9. The monoisotopic (exact) mass is 210 g/mol. The van der Waals surface area contributed by atoms with E-state index in [-0.39, 0.29) is 0 Å². The van der Waals surface area contributed by atoms with E-state index in [0.717, 1.165) is 32.4 Å². The van der Waals surface area contributed by atoms with E-state index in [1.807, 2.05) is 0 Å². The van der Waals surface area contributed by atoms with E-state index in [9.17, 15) is 4.79 Å². The van der Waals surface area contributed by atoms with Crippen LogP contribution in [0.5, 0.6) is 0 Å². The Kier molecular flexibility index (Phi) is 3.29. The van der Waals surface area contributed by atoms with Gasteiger partial charge in [-0.1, -0.05) is 6.92 Å². The third-order valence-corrected chi connectivity index (χ3v) is 3.83. The molecule has 2 aliphatic rings. The van der Waals surface area contributed by atoms with Gasteiger partial charge in [0.2, 0.25) is 5.91 Å². The third kappa shape index (κ3) is 2.33. The lowest BCUT2D eigenvalue weighted by Gasteiger charge is -2.24. The van der Waals surface area contributed by atoms with E-state index in [0.29, 0.717) is 23.8 Å². The topological polar surface area (TPSA) is 46.3 Å². The van der Waals surface area contributed by atoms with Crippen molar-refractivity contribution in [2.75, 3.05) is 13.1 Å². The minimum absolute atomic E-state index is 0.350. The highest BCUT2D eigenvalue weighted by Crippen LogP contribution is 2.40. The summed E-state index contributed by atoms with van der Waals surface area (Å²) >= 11 is 0. The zero-order valence-corrected chi connectivity index (χ0v) is 9.61. The number of nitrogens with two attached hydrogens (primary N) is 1. The number of hydrogen-bond acceptors (Lipinski definition) is 2. The van der Waals surface area contributed by atoms with E-state index >= 15 is 0 Å². The van der Waals surface area contributed by atoms with Crippen LogP contribution in [0.3, 0.4) is 0 Å². The van der Waals surface area contributed by atoms with Crippen molar-refractivity contribution in [3.8, 4) is 0 Å². The second-order valence-corrected chi connectivity index (χ2v) is 5.08. The van der Waals surface area contributed by atoms with Gasteiger partial charge < -0.3 is 10.6 Å².